The number of hydrogen-bond acceptors (Lipinski definition) is 6. The van der Waals surface area contributed by atoms with Gasteiger partial charge in [-0.25, -0.2) is 13.6 Å². The number of amidine groups is 1. The van der Waals surface area contributed by atoms with Gasteiger partial charge in [0.05, 0.1) is 36.6 Å². The molecule has 3 heterocycles. The number of amides is 1. The lowest BCUT2D eigenvalue weighted by Gasteiger charge is -2.37. The maximum Gasteiger partial charge on any atom is 0.240 e. The normalized spacial score (nSPS) is 32.6. The maximum absolute atomic E-state index is 15.2. The number of carbonyl (C=O) groups is 1. The summed E-state index contributed by atoms with van der Waals surface area (Å²) in [6.45, 7) is 9.85. The van der Waals surface area contributed by atoms with E-state index in [0.717, 1.165) is 6.42 Å². The second-order valence-electron chi connectivity index (χ2n) is 9.80. The van der Waals surface area contributed by atoms with Crippen molar-refractivity contribution in [2.24, 2.45) is 16.6 Å². The van der Waals surface area contributed by atoms with Crippen LogP contribution in [0, 0.1) is 18.3 Å². The van der Waals surface area contributed by atoms with Gasteiger partial charge in [0.15, 0.2) is 5.17 Å². The Hall–Kier alpha value is -3.29. The first kappa shape index (κ1) is 23.1. The molecule has 2 aliphatic carbocycles. The van der Waals surface area contributed by atoms with Crippen LogP contribution in [0.5, 0.6) is 0 Å². The molecule has 0 bridgehead atoms. The number of carbonyl (C=O) groups excluding carboxylic acids is 1. The van der Waals surface area contributed by atoms with Gasteiger partial charge in [-0.15, -0.1) is 0 Å². The summed E-state index contributed by atoms with van der Waals surface area (Å²) >= 11 is 1.28. The van der Waals surface area contributed by atoms with Crippen molar-refractivity contribution >= 4 is 40.4 Å². The molecule has 10 heteroatoms. The lowest BCUT2D eigenvalue weighted by molar-refractivity contribution is -0.136. The maximum atomic E-state index is 15.2. The monoisotopic (exact) mass is 507 g/mol. The summed E-state index contributed by atoms with van der Waals surface area (Å²) in [4.78, 5) is 27.4. The summed E-state index contributed by atoms with van der Waals surface area (Å²) in [5.41, 5.74) is 6.25. The molecule has 7 nitrogen and oxygen atoms in total. The van der Waals surface area contributed by atoms with Crippen molar-refractivity contribution in [2.45, 2.75) is 42.2 Å². The quantitative estimate of drug-likeness (QED) is 0.625. The van der Waals surface area contributed by atoms with E-state index in [1.54, 1.807) is 13.0 Å². The van der Waals surface area contributed by atoms with Gasteiger partial charge >= 0.3 is 0 Å². The second kappa shape index (κ2) is 8.11. The molecule has 0 spiro atoms. The number of benzene rings is 1. The smallest absolute Gasteiger partial charge is 0.240 e. The van der Waals surface area contributed by atoms with Gasteiger partial charge in [-0.1, -0.05) is 23.9 Å². The van der Waals surface area contributed by atoms with E-state index in [1.165, 1.54) is 48.3 Å². The van der Waals surface area contributed by atoms with E-state index in [2.05, 4.69) is 14.8 Å². The Balaban J connectivity index is 1.32. The lowest BCUT2D eigenvalue weighted by atomic mass is 9.84. The molecule has 2 aliphatic heterocycles. The summed E-state index contributed by atoms with van der Waals surface area (Å²) in [5.74, 6) is -1.32. The number of halogens is 2. The van der Waals surface area contributed by atoms with Crippen LogP contribution in [0.25, 0.3) is 16.7 Å². The van der Waals surface area contributed by atoms with Crippen molar-refractivity contribution in [3.63, 3.8) is 0 Å². The van der Waals surface area contributed by atoms with E-state index in [-0.39, 0.29) is 40.4 Å². The Labute approximate surface area is 211 Å². The van der Waals surface area contributed by atoms with Gasteiger partial charge in [0, 0.05) is 24.2 Å². The number of morpholine rings is 1. The van der Waals surface area contributed by atoms with Gasteiger partial charge < -0.3 is 15.4 Å². The van der Waals surface area contributed by atoms with Gasteiger partial charge in [0.1, 0.15) is 16.4 Å². The molecule has 4 aliphatic rings. The van der Waals surface area contributed by atoms with Crippen molar-refractivity contribution in [3.05, 3.63) is 70.6 Å². The predicted octanol–water partition coefficient (Wildman–Crippen LogP) is 4.27. The molecular formula is C26H23F2N5O2S. The fourth-order valence-electron chi connectivity index (χ4n) is 5.52. The van der Waals surface area contributed by atoms with Gasteiger partial charge in [0.25, 0.3) is 0 Å². The number of pyridine rings is 1. The van der Waals surface area contributed by atoms with Gasteiger partial charge in [0.2, 0.25) is 11.6 Å². The van der Waals surface area contributed by atoms with Crippen LogP contribution in [-0.4, -0.2) is 51.0 Å². The average molecular weight is 508 g/mol. The third-order valence-corrected chi connectivity index (χ3v) is 8.85. The molecular weight excluding hydrogens is 484 g/mol. The Morgan fingerprint density at radius 1 is 1.39 bits per heavy atom. The zero-order valence-corrected chi connectivity index (χ0v) is 20.3. The van der Waals surface area contributed by atoms with Gasteiger partial charge in [-0.2, -0.15) is 0 Å². The number of aromatic nitrogens is 1. The Bertz CT molecular complexity index is 1370. The highest BCUT2D eigenvalue weighted by molar-refractivity contribution is 8.15. The molecule has 0 radical (unpaired) electrons. The zero-order chi connectivity index (χ0) is 25.2. The van der Waals surface area contributed by atoms with Crippen LogP contribution in [0.2, 0.25) is 0 Å². The number of hydrogen-bond donors (Lipinski definition) is 1. The van der Waals surface area contributed by atoms with Crippen LogP contribution in [0.1, 0.15) is 36.6 Å². The zero-order valence-electron chi connectivity index (χ0n) is 19.4. The van der Waals surface area contributed by atoms with E-state index >= 15 is 4.39 Å². The second-order valence-corrected chi connectivity index (χ2v) is 11.2. The van der Waals surface area contributed by atoms with Crippen molar-refractivity contribution in [2.75, 3.05) is 13.2 Å². The minimum Gasteiger partial charge on any atom is -0.378 e. The van der Waals surface area contributed by atoms with Crippen LogP contribution in [-0.2, 0) is 15.1 Å². The number of aliphatic imine (C=N–C) groups is 1. The third-order valence-electron chi connectivity index (χ3n) is 7.56. The van der Waals surface area contributed by atoms with Gasteiger partial charge in [-0.3, -0.25) is 14.8 Å². The Morgan fingerprint density at radius 2 is 2.22 bits per heavy atom. The largest absolute Gasteiger partial charge is 0.378 e. The lowest BCUT2D eigenvalue weighted by Crippen LogP contribution is -2.50. The number of nitrogens with two attached hydrogens (primary N) is 1. The molecule has 1 aromatic heterocycles. The van der Waals surface area contributed by atoms with Crippen LogP contribution in [0.4, 0.5) is 14.5 Å². The number of ether oxygens (including phenoxy) is 1. The average Bonchev–Trinajstić information content (AvgIpc) is 3.79. The number of rotatable bonds is 4. The molecule has 2 aromatic rings. The van der Waals surface area contributed by atoms with Crippen molar-refractivity contribution in [3.8, 4) is 0 Å². The van der Waals surface area contributed by atoms with Gasteiger partial charge in [-0.05, 0) is 49.6 Å². The molecule has 6 rings (SSSR count). The topological polar surface area (TPSA) is 85.2 Å². The van der Waals surface area contributed by atoms with E-state index in [9.17, 15) is 9.18 Å². The van der Waals surface area contributed by atoms with E-state index in [0.29, 0.717) is 30.8 Å². The Kier molecular flexibility index (Phi) is 5.21. The molecule has 1 aromatic carbocycles. The first-order valence-electron chi connectivity index (χ1n) is 11.7. The summed E-state index contributed by atoms with van der Waals surface area (Å²) in [6.07, 6.45) is 4.07. The third kappa shape index (κ3) is 3.61. The molecule has 1 amide bonds. The number of fused-ring (bicyclic) bond motifs is 2. The molecule has 2 saturated carbocycles. The number of thioether (sulfide) groups is 1. The molecule has 3 fully saturated rings. The van der Waals surface area contributed by atoms with Crippen LogP contribution < -0.4 is 5.73 Å². The predicted molar refractivity (Wildman–Crippen MR) is 133 cm³/mol. The fourth-order valence-corrected chi connectivity index (χ4v) is 6.95. The van der Waals surface area contributed by atoms with E-state index in [1.807, 2.05) is 4.90 Å². The van der Waals surface area contributed by atoms with Crippen molar-refractivity contribution < 1.29 is 18.3 Å². The van der Waals surface area contributed by atoms with Crippen LogP contribution in [0.3, 0.4) is 0 Å². The van der Waals surface area contributed by atoms with Crippen LogP contribution >= 0.6 is 11.8 Å². The first-order chi connectivity index (χ1) is 17.2. The number of nitrogens with zero attached hydrogens (tertiary/aromatic N) is 4. The molecule has 36 heavy (non-hydrogen) atoms. The molecule has 5 atom stereocenters. The van der Waals surface area contributed by atoms with E-state index < -0.39 is 21.9 Å². The van der Waals surface area contributed by atoms with Crippen molar-refractivity contribution in [1.29, 1.82) is 0 Å². The summed E-state index contributed by atoms with van der Waals surface area (Å²) in [6, 6.07) is 7.35. The molecule has 184 valence electrons. The SMILES string of the molecule is [C-]#[N+]c1ccc(/C(F)=C/c2ccc(F)c([C@@]3(C)N=C(N)S[C@@]4(C(=O)N5CCO[C@H]6C[C@H]65)C[C@H]43)c2)nc1. The van der Waals surface area contributed by atoms with Crippen LogP contribution in [0.15, 0.2) is 41.5 Å². The molecule has 0 unspecified atom stereocenters. The molecule has 1 saturated heterocycles. The summed E-state index contributed by atoms with van der Waals surface area (Å²) < 4.78 is 35.0. The first-order valence-corrected chi connectivity index (χ1v) is 12.5. The fraction of sp³-hybridized carbons (Fsp3) is 0.385. The Morgan fingerprint density at radius 3 is 2.97 bits per heavy atom. The van der Waals surface area contributed by atoms with E-state index in [4.69, 9.17) is 17.0 Å². The molecule has 2 N–H and O–H groups in total. The standard InChI is InChI=1S/C26H23F2N5O2S/c1-25(16-9-14(3-5-17(16)27)10-18(28)19-6-4-15(30-2)13-31-19)22-12-26(22,36-24(29)32-25)23(34)33-7-8-35-21-11-20(21)33/h3-6,9-10,13,20-22H,7-8,11-12H2,1H3,(H2,29,32)/b18-10-/t20-,21+,22+,25-,26+/m1/s1. The highest BCUT2D eigenvalue weighted by atomic mass is 32.2. The van der Waals surface area contributed by atoms with Crippen molar-refractivity contribution in [1.82, 2.24) is 9.88 Å². The highest BCUT2D eigenvalue weighted by Gasteiger charge is 2.72. The summed E-state index contributed by atoms with van der Waals surface area (Å²) in [7, 11) is 0. The summed E-state index contributed by atoms with van der Waals surface area (Å²) in [5, 5.41) is 0.246. The minimum atomic E-state index is -1.07. The highest BCUT2D eigenvalue weighted by Crippen LogP contribution is 2.67. The minimum absolute atomic E-state index is 0.0220.